The predicted molar refractivity (Wildman–Crippen MR) is 94.5 cm³/mol. The number of hydrogen-bond acceptors (Lipinski definition) is 3. The first-order valence-corrected chi connectivity index (χ1v) is 8.63. The summed E-state index contributed by atoms with van der Waals surface area (Å²) in [5.41, 5.74) is 3.79. The van der Waals surface area contributed by atoms with Crippen LogP contribution in [-0.4, -0.2) is 21.4 Å². The van der Waals surface area contributed by atoms with Crippen molar-refractivity contribution in [2.75, 3.05) is 6.61 Å². The van der Waals surface area contributed by atoms with Crippen LogP contribution in [0.15, 0.2) is 37.0 Å². The molecule has 1 aliphatic carbocycles. The van der Waals surface area contributed by atoms with Crippen molar-refractivity contribution in [3.8, 4) is 11.6 Å². The molecule has 5 rings (SSSR count). The normalized spacial score (nSPS) is 19.0. The van der Waals surface area contributed by atoms with Crippen molar-refractivity contribution in [1.82, 2.24) is 14.8 Å². The van der Waals surface area contributed by atoms with Crippen LogP contribution in [0, 0.1) is 11.7 Å². The Hall–Kier alpha value is -2.69. The number of benzene rings is 1. The molecule has 4 nitrogen and oxygen atoms in total. The molecule has 0 N–H and O–H groups in total. The van der Waals surface area contributed by atoms with Crippen molar-refractivity contribution in [3.05, 3.63) is 54.1 Å². The molecule has 2 aromatic heterocycles. The number of pyridine rings is 1. The smallest absolute Gasteiger partial charge is 0.197 e. The Labute approximate surface area is 144 Å². The monoisotopic (exact) mass is 335 g/mol. The van der Waals surface area contributed by atoms with Crippen LogP contribution in [0.4, 0.5) is 4.39 Å². The van der Waals surface area contributed by atoms with Crippen LogP contribution in [0.5, 0.6) is 5.75 Å². The number of allylic oxidation sites excluding steroid dienone is 1. The number of halogens is 1. The van der Waals surface area contributed by atoms with Gasteiger partial charge in [-0.1, -0.05) is 19.6 Å². The summed E-state index contributed by atoms with van der Waals surface area (Å²) in [6.07, 6.45) is 3.89. The Morgan fingerprint density at radius 2 is 2.20 bits per heavy atom. The van der Waals surface area contributed by atoms with Crippen molar-refractivity contribution in [3.63, 3.8) is 0 Å². The quantitative estimate of drug-likeness (QED) is 0.708. The highest BCUT2D eigenvalue weighted by atomic mass is 19.1. The van der Waals surface area contributed by atoms with Gasteiger partial charge in [0, 0.05) is 11.5 Å². The van der Waals surface area contributed by atoms with Gasteiger partial charge in [0.05, 0.1) is 29.4 Å². The van der Waals surface area contributed by atoms with Gasteiger partial charge >= 0.3 is 0 Å². The first-order chi connectivity index (χ1) is 12.1. The van der Waals surface area contributed by atoms with Crippen molar-refractivity contribution in [2.45, 2.75) is 25.7 Å². The highest BCUT2D eigenvalue weighted by Gasteiger charge is 2.31. The van der Waals surface area contributed by atoms with E-state index in [1.807, 2.05) is 6.07 Å². The van der Waals surface area contributed by atoms with Gasteiger partial charge in [-0.05, 0) is 42.5 Å². The molecule has 0 saturated heterocycles. The lowest BCUT2D eigenvalue weighted by Crippen LogP contribution is -2.05. The van der Waals surface area contributed by atoms with Gasteiger partial charge in [0.2, 0.25) is 0 Å². The fourth-order valence-electron chi connectivity index (χ4n) is 3.48. The number of ether oxygens (including phenoxy) is 1. The average Bonchev–Trinajstić information content (AvgIpc) is 3.27. The van der Waals surface area contributed by atoms with E-state index in [4.69, 9.17) is 9.72 Å². The highest BCUT2D eigenvalue weighted by molar-refractivity contribution is 5.81. The molecule has 3 aromatic rings. The molecule has 1 aliphatic heterocycles. The van der Waals surface area contributed by atoms with E-state index >= 15 is 0 Å². The van der Waals surface area contributed by atoms with Crippen molar-refractivity contribution in [1.29, 1.82) is 0 Å². The number of rotatable bonds is 3. The first-order valence-electron chi connectivity index (χ1n) is 8.63. The molecule has 1 aromatic carbocycles. The van der Waals surface area contributed by atoms with E-state index in [1.54, 1.807) is 16.9 Å². The second-order valence-electron chi connectivity index (χ2n) is 6.99. The van der Waals surface area contributed by atoms with Crippen LogP contribution in [-0.2, 0) is 0 Å². The maximum atomic E-state index is 14.1. The molecule has 3 heterocycles. The van der Waals surface area contributed by atoms with Gasteiger partial charge in [0.25, 0.3) is 0 Å². The van der Waals surface area contributed by atoms with Gasteiger partial charge in [-0.15, -0.1) is 0 Å². The molecule has 1 unspecified atom stereocenters. The van der Waals surface area contributed by atoms with E-state index < -0.39 is 0 Å². The van der Waals surface area contributed by atoms with Crippen LogP contribution in [0.2, 0.25) is 0 Å². The molecule has 5 heteroatoms. The summed E-state index contributed by atoms with van der Waals surface area (Å²) in [6.45, 7) is 7.00. The summed E-state index contributed by atoms with van der Waals surface area (Å²) < 4.78 is 21.6. The van der Waals surface area contributed by atoms with Crippen LogP contribution in [0.25, 0.3) is 22.3 Å². The molecule has 2 aliphatic rings. The van der Waals surface area contributed by atoms with Gasteiger partial charge in [-0.3, -0.25) is 0 Å². The molecule has 0 bridgehead atoms. The number of nitrogens with zero attached hydrogens (tertiary/aromatic N) is 3. The van der Waals surface area contributed by atoms with Crippen molar-refractivity contribution < 1.29 is 9.13 Å². The van der Waals surface area contributed by atoms with Gasteiger partial charge in [0.15, 0.2) is 11.6 Å². The standard InChI is InChI=1S/C20H18FN3O/c1-11-10-25-19-14(11)8-17(12(2)13-6-7-13)23-20(19)24-18-5-3-4-16(21)15(18)9-22-24/h3-5,8-9,11,13H,2,6-7,10H2,1H3. The molecule has 126 valence electrons. The molecular weight excluding hydrogens is 317 g/mol. The zero-order valence-electron chi connectivity index (χ0n) is 14.0. The van der Waals surface area contributed by atoms with E-state index in [-0.39, 0.29) is 5.82 Å². The molecule has 0 amide bonds. The van der Waals surface area contributed by atoms with Crippen molar-refractivity contribution >= 4 is 16.5 Å². The lowest BCUT2D eigenvalue weighted by molar-refractivity contribution is 0.335. The minimum Gasteiger partial charge on any atom is -0.489 e. The van der Waals surface area contributed by atoms with Crippen molar-refractivity contribution in [2.24, 2.45) is 5.92 Å². The third kappa shape index (κ3) is 2.18. The van der Waals surface area contributed by atoms with E-state index in [2.05, 4.69) is 24.7 Å². The molecule has 0 spiro atoms. The molecule has 1 fully saturated rings. The Morgan fingerprint density at radius 1 is 1.36 bits per heavy atom. The summed E-state index contributed by atoms with van der Waals surface area (Å²) in [5.74, 6) is 1.91. The molecular formula is C20H18FN3O. The van der Waals surface area contributed by atoms with E-state index in [0.29, 0.717) is 35.2 Å². The fraction of sp³-hybridized carbons (Fsp3) is 0.300. The third-order valence-corrected chi connectivity index (χ3v) is 5.15. The number of fused-ring (bicyclic) bond motifs is 2. The van der Waals surface area contributed by atoms with Crippen LogP contribution in [0.1, 0.15) is 36.9 Å². The van der Waals surface area contributed by atoms with Gasteiger partial charge in [-0.2, -0.15) is 5.10 Å². The lowest BCUT2D eigenvalue weighted by Gasteiger charge is -2.13. The van der Waals surface area contributed by atoms with Crippen LogP contribution >= 0.6 is 0 Å². The second-order valence-corrected chi connectivity index (χ2v) is 6.99. The molecule has 1 atom stereocenters. The summed E-state index contributed by atoms with van der Waals surface area (Å²) >= 11 is 0. The molecule has 25 heavy (non-hydrogen) atoms. The number of aromatic nitrogens is 3. The third-order valence-electron chi connectivity index (χ3n) is 5.15. The maximum absolute atomic E-state index is 14.1. The average molecular weight is 335 g/mol. The summed E-state index contributed by atoms with van der Waals surface area (Å²) in [4.78, 5) is 4.82. The summed E-state index contributed by atoms with van der Waals surface area (Å²) in [6, 6.07) is 7.08. The van der Waals surface area contributed by atoms with Gasteiger partial charge in [-0.25, -0.2) is 14.1 Å². The Morgan fingerprint density at radius 3 is 3.00 bits per heavy atom. The molecule has 1 saturated carbocycles. The Balaban J connectivity index is 1.75. The Bertz CT molecular complexity index is 1020. The lowest BCUT2D eigenvalue weighted by atomic mass is 10.00. The largest absolute Gasteiger partial charge is 0.489 e. The fourth-order valence-corrected chi connectivity index (χ4v) is 3.48. The second kappa shape index (κ2) is 5.15. The first kappa shape index (κ1) is 14.6. The zero-order valence-corrected chi connectivity index (χ0v) is 14.0. The molecule has 0 radical (unpaired) electrons. The number of hydrogen-bond donors (Lipinski definition) is 0. The topological polar surface area (TPSA) is 39.9 Å². The maximum Gasteiger partial charge on any atom is 0.197 e. The Kier molecular flexibility index (Phi) is 3.02. The van der Waals surface area contributed by atoms with Crippen LogP contribution in [0.3, 0.4) is 0 Å². The zero-order chi connectivity index (χ0) is 17.1. The van der Waals surface area contributed by atoms with E-state index in [0.717, 1.165) is 22.6 Å². The predicted octanol–water partition coefficient (Wildman–Crippen LogP) is 4.48. The highest BCUT2D eigenvalue weighted by Crippen LogP contribution is 2.44. The van der Waals surface area contributed by atoms with Crippen LogP contribution < -0.4 is 4.74 Å². The summed E-state index contributed by atoms with van der Waals surface area (Å²) in [5, 5.41) is 4.88. The summed E-state index contributed by atoms with van der Waals surface area (Å²) in [7, 11) is 0. The minimum absolute atomic E-state index is 0.284. The van der Waals surface area contributed by atoms with E-state index in [9.17, 15) is 4.39 Å². The van der Waals surface area contributed by atoms with E-state index in [1.165, 1.54) is 18.9 Å². The van der Waals surface area contributed by atoms with Gasteiger partial charge in [0.1, 0.15) is 5.82 Å². The van der Waals surface area contributed by atoms with Gasteiger partial charge < -0.3 is 4.74 Å². The minimum atomic E-state index is -0.284. The SMILES string of the molecule is C=C(c1cc2c(c(-n3ncc4c(F)cccc43)n1)OCC2C)C1CC1.